The molecule has 2 aliphatic carbocycles. The second-order valence-corrected chi connectivity index (χ2v) is 8.87. The fourth-order valence-electron chi connectivity index (χ4n) is 4.44. The van der Waals surface area contributed by atoms with Crippen molar-refractivity contribution in [3.63, 3.8) is 0 Å². The Hall–Kier alpha value is -1.24. The van der Waals surface area contributed by atoms with Gasteiger partial charge < -0.3 is 19.7 Å². The van der Waals surface area contributed by atoms with Gasteiger partial charge in [-0.15, -0.1) is 0 Å². The molecule has 6 atom stereocenters. The summed E-state index contributed by atoms with van der Waals surface area (Å²) in [5.41, 5.74) is -3.38. The highest BCUT2D eigenvalue weighted by Crippen LogP contribution is 2.51. The van der Waals surface area contributed by atoms with Crippen molar-refractivity contribution in [2.24, 2.45) is 11.8 Å². The number of epoxide rings is 1. The van der Waals surface area contributed by atoms with Crippen LogP contribution in [0.25, 0.3) is 0 Å². The Bertz CT molecular complexity index is 678. The number of fused-ring (bicyclic) bond motifs is 1. The summed E-state index contributed by atoms with van der Waals surface area (Å²) in [5, 5.41) is 22.7. The van der Waals surface area contributed by atoms with Crippen molar-refractivity contribution in [3.8, 4) is 0 Å². The van der Waals surface area contributed by atoms with E-state index in [1.54, 1.807) is 13.8 Å². The second-order valence-electron chi connectivity index (χ2n) is 8.87. The van der Waals surface area contributed by atoms with Gasteiger partial charge in [-0.3, -0.25) is 4.79 Å². The number of ether oxygens (including phenoxy) is 2. The molecule has 0 aromatic carbocycles. The van der Waals surface area contributed by atoms with Crippen LogP contribution in [0.3, 0.4) is 0 Å². The Morgan fingerprint density at radius 1 is 1.31 bits per heavy atom. The summed E-state index contributed by atoms with van der Waals surface area (Å²) in [6, 6.07) is 0. The van der Waals surface area contributed by atoms with Crippen LogP contribution >= 0.6 is 0 Å². The molecule has 0 aromatic rings. The first-order valence-electron chi connectivity index (χ1n) is 9.44. The monoisotopic (exact) mass is 366 g/mol. The van der Waals surface area contributed by atoms with Gasteiger partial charge in [0.2, 0.25) is 0 Å². The fraction of sp³-hybridized carbons (Fsp3) is 0.800. The lowest BCUT2D eigenvalue weighted by atomic mass is 9.76. The lowest BCUT2D eigenvalue weighted by molar-refractivity contribution is -0.200. The van der Waals surface area contributed by atoms with E-state index >= 15 is 0 Å². The molecule has 0 amide bonds. The van der Waals surface area contributed by atoms with E-state index in [1.807, 2.05) is 20.8 Å². The Morgan fingerprint density at radius 2 is 1.88 bits per heavy atom. The Balaban J connectivity index is 2.02. The average Bonchev–Trinajstić information content (AvgIpc) is 3.04. The Morgan fingerprint density at radius 3 is 2.38 bits per heavy atom. The number of carbonyl (C=O) groups excluding carboxylic acids is 2. The van der Waals surface area contributed by atoms with Crippen LogP contribution in [0, 0.1) is 11.8 Å². The summed E-state index contributed by atoms with van der Waals surface area (Å²) in [7, 11) is 0. The van der Waals surface area contributed by atoms with Crippen LogP contribution in [0.15, 0.2) is 11.1 Å². The van der Waals surface area contributed by atoms with Crippen molar-refractivity contribution < 1.29 is 29.3 Å². The average molecular weight is 366 g/mol. The molecule has 6 nitrogen and oxygen atoms in total. The number of hydrogen-bond donors (Lipinski definition) is 2. The predicted molar refractivity (Wildman–Crippen MR) is 94.3 cm³/mol. The summed E-state index contributed by atoms with van der Waals surface area (Å²) >= 11 is 0. The molecule has 6 heteroatoms. The summed E-state index contributed by atoms with van der Waals surface area (Å²) in [6.45, 7) is 10.6. The minimum Gasteiger partial charge on any atom is -0.457 e. The molecule has 0 spiro atoms. The number of carbonyl (C=O) groups is 2. The molecule has 1 aliphatic heterocycles. The zero-order valence-corrected chi connectivity index (χ0v) is 16.5. The van der Waals surface area contributed by atoms with E-state index in [-0.39, 0.29) is 30.6 Å². The maximum Gasteiger partial charge on any atom is 0.341 e. The van der Waals surface area contributed by atoms with Gasteiger partial charge in [-0.05, 0) is 52.9 Å². The molecule has 1 saturated carbocycles. The number of esters is 1. The van der Waals surface area contributed by atoms with Gasteiger partial charge in [-0.2, -0.15) is 0 Å². The van der Waals surface area contributed by atoms with Gasteiger partial charge in [-0.25, -0.2) is 4.79 Å². The van der Waals surface area contributed by atoms with Crippen LogP contribution in [0.1, 0.15) is 60.8 Å². The molecule has 3 rings (SSSR count). The Labute approximate surface area is 154 Å². The third kappa shape index (κ3) is 2.57. The van der Waals surface area contributed by atoms with Gasteiger partial charge in [-0.1, -0.05) is 19.4 Å². The van der Waals surface area contributed by atoms with E-state index in [1.165, 1.54) is 6.92 Å². The van der Waals surface area contributed by atoms with E-state index in [0.29, 0.717) is 12.0 Å². The molecule has 1 heterocycles. The van der Waals surface area contributed by atoms with E-state index in [0.717, 1.165) is 5.57 Å². The second kappa shape index (κ2) is 5.88. The van der Waals surface area contributed by atoms with Crippen molar-refractivity contribution in [2.45, 2.75) is 89.8 Å². The summed E-state index contributed by atoms with van der Waals surface area (Å²) in [4.78, 5) is 25.8. The lowest BCUT2D eigenvalue weighted by Gasteiger charge is -2.42. The zero-order chi connectivity index (χ0) is 19.7. The highest BCUT2D eigenvalue weighted by molar-refractivity contribution is 6.01. The maximum atomic E-state index is 13.2. The molecule has 0 unspecified atom stereocenters. The van der Waals surface area contributed by atoms with Crippen molar-refractivity contribution in [3.05, 3.63) is 11.1 Å². The standard InChI is InChI=1S/C20H30O6/c1-10(2)13-9-14(25-17(22)18(5)12(4)26-18)19(6,23)20(24)8-7-11(3)15(20)16(13)21/h10,12-14,23-24H,7-9H2,1-6H3/t12-,13+,14+,18-,19-,20+/m1/s1. The van der Waals surface area contributed by atoms with E-state index in [2.05, 4.69) is 0 Å². The largest absolute Gasteiger partial charge is 0.457 e. The molecule has 3 aliphatic rings. The molecular formula is C20H30O6. The summed E-state index contributed by atoms with van der Waals surface area (Å²) in [6.07, 6.45) is -0.278. The first kappa shape index (κ1) is 19.5. The SMILES string of the molecule is CC1=C2C(=O)[C@H](C(C)C)C[C@H](OC(=O)[C@]3(C)O[C@@H]3C)[C@@](C)(O)[C@]2(O)CC1. The fourth-order valence-corrected chi connectivity index (χ4v) is 4.44. The third-order valence-corrected chi connectivity index (χ3v) is 6.82. The zero-order valence-electron chi connectivity index (χ0n) is 16.5. The molecule has 2 fully saturated rings. The summed E-state index contributed by atoms with van der Waals surface area (Å²) in [5.74, 6) is -1.13. The van der Waals surface area contributed by atoms with Crippen LogP contribution in [-0.4, -0.2) is 51.0 Å². The first-order valence-corrected chi connectivity index (χ1v) is 9.44. The number of aliphatic hydroxyl groups is 2. The molecular weight excluding hydrogens is 336 g/mol. The van der Waals surface area contributed by atoms with Crippen molar-refractivity contribution in [2.75, 3.05) is 0 Å². The van der Waals surface area contributed by atoms with Gasteiger partial charge in [0.1, 0.15) is 17.3 Å². The van der Waals surface area contributed by atoms with Crippen LogP contribution < -0.4 is 0 Å². The highest BCUT2D eigenvalue weighted by Gasteiger charge is 2.64. The van der Waals surface area contributed by atoms with Gasteiger partial charge in [0.25, 0.3) is 0 Å². The van der Waals surface area contributed by atoms with Gasteiger partial charge in [0.15, 0.2) is 11.4 Å². The number of allylic oxidation sites excluding steroid dienone is 1. The molecule has 26 heavy (non-hydrogen) atoms. The minimum absolute atomic E-state index is 0.00515. The van der Waals surface area contributed by atoms with Gasteiger partial charge in [0.05, 0.1) is 6.10 Å². The van der Waals surface area contributed by atoms with E-state index in [4.69, 9.17) is 9.47 Å². The van der Waals surface area contributed by atoms with Crippen LogP contribution in [0.5, 0.6) is 0 Å². The molecule has 2 N–H and O–H groups in total. The molecule has 0 bridgehead atoms. The summed E-state index contributed by atoms with van der Waals surface area (Å²) < 4.78 is 11.0. The Kier molecular flexibility index (Phi) is 4.41. The topological polar surface area (TPSA) is 96.4 Å². The quantitative estimate of drug-likeness (QED) is 0.585. The van der Waals surface area contributed by atoms with Gasteiger partial charge >= 0.3 is 5.97 Å². The number of rotatable bonds is 3. The van der Waals surface area contributed by atoms with Crippen LogP contribution in [0.2, 0.25) is 0 Å². The van der Waals surface area contributed by atoms with Crippen molar-refractivity contribution >= 4 is 11.8 Å². The van der Waals surface area contributed by atoms with Crippen LogP contribution in [0.4, 0.5) is 0 Å². The number of Topliss-reactive ketones (excluding diaryl/α,β-unsaturated/α-hetero) is 1. The molecule has 1 saturated heterocycles. The normalized spacial score (nSPS) is 45.6. The molecule has 0 radical (unpaired) electrons. The highest BCUT2D eigenvalue weighted by atomic mass is 16.7. The third-order valence-electron chi connectivity index (χ3n) is 6.82. The number of ketones is 1. The smallest absolute Gasteiger partial charge is 0.341 e. The van der Waals surface area contributed by atoms with E-state index < -0.39 is 34.8 Å². The predicted octanol–water partition coefficient (Wildman–Crippen LogP) is 1.91. The minimum atomic E-state index is -1.76. The molecule has 0 aromatic heterocycles. The first-order chi connectivity index (χ1) is 11.9. The van der Waals surface area contributed by atoms with Crippen LogP contribution in [-0.2, 0) is 19.1 Å². The van der Waals surface area contributed by atoms with E-state index in [9.17, 15) is 19.8 Å². The lowest BCUT2D eigenvalue weighted by Crippen LogP contribution is -2.60. The van der Waals surface area contributed by atoms with Crippen molar-refractivity contribution in [1.29, 1.82) is 0 Å². The van der Waals surface area contributed by atoms with Crippen molar-refractivity contribution in [1.82, 2.24) is 0 Å². The molecule has 146 valence electrons. The number of hydrogen-bond acceptors (Lipinski definition) is 6. The maximum absolute atomic E-state index is 13.2. The van der Waals surface area contributed by atoms with Gasteiger partial charge in [0, 0.05) is 11.5 Å².